The van der Waals surface area contributed by atoms with E-state index in [-0.39, 0.29) is 5.91 Å². The first-order chi connectivity index (χ1) is 11.2. The Balaban J connectivity index is 1.81. The lowest BCUT2D eigenvalue weighted by Gasteiger charge is -2.00. The van der Waals surface area contributed by atoms with Gasteiger partial charge in [0, 0.05) is 21.7 Å². The van der Waals surface area contributed by atoms with E-state index in [9.17, 15) is 4.79 Å². The summed E-state index contributed by atoms with van der Waals surface area (Å²) in [4.78, 5) is 21.5. The Hall–Kier alpha value is -2.50. The predicted molar refractivity (Wildman–Crippen MR) is 94.3 cm³/mol. The molecule has 4 nitrogen and oxygen atoms in total. The van der Waals surface area contributed by atoms with Crippen molar-refractivity contribution in [3.8, 4) is 0 Å². The first-order valence-electron chi connectivity index (χ1n) is 6.92. The molecule has 4 aromatic rings. The molecule has 3 heterocycles. The Bertz CT molecular complexity index is 1030. The van der Waals surface area contributed by atoms with E-state index >= 15 is 0 Å². The zero-order chi connectivity index (χ0) is 15.8. The van der Waals surface area contributed by atoms with Crippen molar-refractivity contribution in [3.05, 3.63) is 64.8 Å². The Morgan fingerprint density at radius 2 is 1.91 bits per heavy atom. The minimum absolute atomic E-state index is 0.204. The van der Waals surface area contributed by atoms with Gasteiger partial charge in [0.15, 0.2) is 0 Å². The average molecular weight is 340 g/mol. The van der Waals surface area contributed by atoms with Crippen molar-refractivity contribution in [2.24, 2.45) is 0 Å². The summed E-state index contributed by atoms with van der Waals surface area (Å²) in [5.74, 6) is 0.314. The van der Waals surface area contributed by atoms with Gasteiger partial charge in [-0.3, -0.25) is 4.79 Å². The number of hydrogen-bond acceptors (Lipinski definition) is 4. The summed E-state index contributed by atoms with van der Waals surface area (Å²) < 4.78 is 0.965. The molecule has 4 rings (SSSR count). The Morgan fingerprint density at radius 3 is 2.74 bits per heavy atom. The Kier molecular flexibility index (Phi) is 3.44. The smallest absolute Gasteiger partial charge is 0.266 e. The standard InChI is InChI=1S/C17H10ClN3OS/c18-16-11-9-13(17(22)21-14-7-3-4-8-19-14)23-15(11)10-5-1-2-6-12(10)20-16/h1-9H,(H,19,21,22). The molecule has 0 saturated carbocycles. The van der Waals surface area contributed by atoms with E-state index in [1.165, 1.54) is 11.3 Å². The molecule has 3 aromatic heterocycles. The number of hydrogen-bond donors (Lipinski definition) is 1. The minimum atomic E-state index is -0.204. The van der Waals surface area contributed by atoms with Crippen LogP contribution in [0.2, 0.25) is 5.15 Å². The normalized spacial score (nSPS) is 11.0. The van der Waals surface area contributed by atoms with Gasteiger partial charge < -0.3 is 5.32 Å². The fourth-order valence-corrected chi connectivity index (χ4v) is 3.78. The predicted octanol–water partition coefficient (Wildman–Crippen LogP) is 4.75. The third-order valence-corrected chi connectivity index (χ3v) is 4.91. The second-order valence-corrected chi connectivity index (χ2v) is 6.35. The second-order valence-electron chi connectivity index (χ2n) is 4.94. The molecule has 0 atom stereocenters. The van der Waals surface area contributed by atoms with Crippen LogP contribution in [-0.4, -0.2) is 15.9 Å². The third-order valence-electron chi connectivity index (χ3n) is 3.45. The number of pyridine rings is 2. The van der Waals surface area contributed by atoms with E-state index in [0.717, 1.165) is 21.0 Å². The van der Waals surface area contributed by atoms with Gasteiger partial charge in [0.25, 0.3) is 5.91 Å². The molecule has 0 bridgehead atoms. The van der Waals surface area contributed by atoms with Gasteiger partial charge in [-0.25, -0.2) is 9.97 Å². The maximum absolute atomic E-state index is 12.4. The summed E-state index contributed by atoms with van der Waals surface area (Å²) in [6.45, 7) is 0. The lowest BCUT2D eigenvalue weighted by atomic mass is 10.2. The summed E-state index contributed by atoms with van der Waals surface area (Å²) in [5.41, 5.74) is 0.823. The van der Waals surface area contributed by atoms with Gasteiger partial charge in [0.05, 0.1) is 10.4 Å². The number of nitrogens with one attached hydrogen (secondary N) is 1. The van der Waals surface area contributed by atoms with Crippen LogP contribution in [-0.2, 0) is 0 Å². The van der Waals surface area contributed by atoms with Crippen molar-refractivity contribution in [1.29, 1.82) is 0 Å². The van der Waals surface area contributed by atoms with E-state index < -0.39 is 0 Å². The highest BCUT2D eigenvalue weighted by Crippen LogP contribution is 2.35. The number of amides is 1. The number of carbonyl (C=O) groups is 1. The number of aromatic nitrogens is 2. The molecule has 0 fully saturated rings. The average Bonchev–Trinajstić information content (AvgIpc) is 3.02. The molecule has 1 aromatic carbocycles. The number of nitrogens with zero attached hydrogens (tertiary/aromatic N) is 2. The highest BCUT2D eigenvalue weighted by molar-refractivity contribution is 7.22. The van der Waals surface area contributed by atoms with Gasteiger partial charge in [-0.1, -0.05) is 35.9 Å². The molecule has 0 radical (unpaired) electrons. The highest BCUT2D eigenvalue weighted by Gasteiger charge is 2.15. The minimum Gasteiger partial charge on any atom is -0.306 e. The number of halogens is 1. The number of thiophene rings is 1. The van der Waals surface area contributed by atoms with Crippen molar-refractivity contribution >= 4 is 55.7 Å². The molecule has 0 aliphatic carbocycles. The SMILES string of the molecule is O=C(Nc1ccccn1)c1cc2c(Cl)nc3ccccc3c2s1. The Morgan fingerprint density at radius 1 is 1.09 bits per heavy atom. The van der Waals surface area contributed by atoms with Crippen LogP contribution in [0.5, 0.6) is 0 Å². The first-order valence-corrected chi connectivity index (χ1v) is 8.12. The van der Waals surface area contributed by atoms with Crippen LogP contribution in [0.15, 0.2) is 54.7 Å². The number of anilines is 1. The van der Waals surface area contributed by atoms with Crippen LogP contribution in [0, 0.1) is 0 Å². The highest BCUT2D eigenvalue weighted by atomic mass is 35.5. The van der Waals surface area contributed by atoms with Gasteiger partial charge >= 0.3 is 0 Å². The molecule has 0 saturated heterocycles. The zero-order valence-corrected chi connectivity index (χ0v) is 13.4. The fourth-order valence-electron chi connectivity index (χ4n) is 2.40. The molecule has 0 spiro atoms. The van der Waals surface area contributed by atoms with Gasteiger partial charge in [0.1, 0.15) is 11.0 Å². The van der Waals surface area contributed by atoms with Crippen LogP contribution in [0.3, 0.4) is 0 Å². The molecule has 0 aliphatic heterocycles. The van der Waals surface area contributed by atoms with Crippen molar-refractivity contribution in [3.63, 3.8) is 0 Å². The summed E-state index contributed by atoms with van der Waals surface area (Å²) in [7, 11) is 0. The lowest BCUT2D eigenvalue weighted by molar-refractivity contribution is 0.103. The number of para-hydroxylation sites is 1. The van der Waals surface area contributed by atoms with Crippen molar-refractivity contribution in [1.82, 2.24) is 9.97 Å². The largest absolute Gasteiger partial charge is 0.306 e. The molecule has 0 unspecified atom stereocenters. The quantitative estimate of drug-likeness (QED) is 0.536. The van der Waals surface area contributed by atoms with Gasteiger partial charge in [0.2, 0.25) is 0 Å². The summed E-state index contributed by atoms with van der Waals surface area (Å²) in [5, 5.41) is 4.98. The Labute approximate surface area is 140 Å². The molecule has 23 heavy (non-hydrogen) atoms. The molecule has 1 N–H and O–H groups in total. The first kappa shape index (κ1) is 14.1. The fraction of sp³-hybridized carbons (Fsp3) is 0. The monoisotopic (exact) mass is 339 g/mol. The second kappa shape index (κ2) is 5.61. The third kappa shape index (κ3) is 2.54. The summed E-state index contributed by atoms with van der Waals surface area (Å²) in [6, 6.07) is 14.9. The number of fused-ring (bicyclic) bond motifs is 3. The van der Waals surface area contributed by atoms with Crippen LogP contribution >= 0.6 is 22.9 Å². The van der Waals surface area contributed by atoms with Crippen LogP contribution in [0.1, 0.15) is 9.67 Å². The van der Waals surface area contributed by atoms with Gasteiger partial charge in [-0.2, -0.15) is 0 Å². The van der Waals surface area contributed by atoms with Crippen LogP contribution < -0.4 is 5.32 Å². The lowest BCUT2D eigenvalue weighted by Crippen LogP contribution is -2.10. The van der Waals surface area contributed by atoms with Crippen molar-refractivity contribution in [2.75, 3.05) is 5.32 Å². The van der Waals surface area contributed by atoms with E-state index in [1.54, 1.807) is 24.4 Å². The molecule has 6 heteroatoms. The van der Waals surface area contributed by atoms with E-state index in [0.29, 0.717) is 15.8 Å². The van der Waals surface area contributed by atoms with E-state index in [1.807, 2.05) is 30.3 Å². The summed E-state index contributed by atoms with van der Waals surface area (Å²) in [6.07, 6.45) is 1.63. The molecule has 112 valence electrons. The van der Waals surface area contributed by atoms with Gasteiger partial charge in [-0.05, 0) is 24.3 Å². The van der Waals surface area contributed by atoms with E-state index in [4.69, 9.17) is 11.6 Å². The molecule has 0 aliphatic rings. The van der Waals surface area contributed by atoms with Crippen molar-refractivity contribution < 1.29 is 4.79 Å². The summed E-state index contributed by atoms with van der Waals surface area (Å²) >= 11 is 7.67. The van der Waals surface area contributed by atoms with Crippen LogP contribution in [0.4, 0.5) is 5.82 Å². The molecule has 1 amide bonds. The molecular formula is C17H10ClN3OS. The maximum Gasteiger partial charge on any atom is 0.266 e. The van der Waals surface area contributed by atoms with Crippen LogP contribution in [0.25, 0.3) is 21.0 Å². The molecular weight excluding hydrogens is 330 g/mol. The number of benzene rings is 1. The zero-order valence-electron chi connectivity index (χ0n) is 11.8. The number of rotatable bonds is 2. The maximum atomic E-state index is 12.4. The number of carbonyl (C=O) groups excluding carboxylic acids is 1. The topological polar surface area (TPSA) is 54.9 Å². The van der Waals surface area contributed by atoms with Crippen molar-refractivity contribution in [2.45, 2.75) is 0 Å². The van der Waals surface area contributed by atoms with Gasteiger partial charge in [-0.15, -0.1) is 11.3 Å². The van der Waals surface area contributed by atoms with E-state index in [2.05, 4.69) is 15.3 Å².